The van der Waals surface area contributed by atoms with Crippen LogP contribution in [0.3, 0.4) is 0 Å². The lowest BCUT2D eigenvalue weighted by molar-refractivity contribution is -0.141. The largest absolute Gasteiger partial charge is 0.433 e. The van der Waals surface area contributed by atoms with E-state index in [0.29, 0.717) is 6.07 Å². The minimum Gasteiger partial charge on any atom is -0.319 e. The number of rotatable bonds is 3. The third-order valence-corrected chi connectivity index (χ3v) is 5.10. The van der Waals surface area contributed by atoms with Crippen molar-refractivity contribution in [2.45, 2.75) is 55.5 Å². The van der Waals surface area contributed by atoms with Crippen LogP contribution in [0.5, 0.6) is 0 Å². The van der Waals surface area contributed by atoms with Gasteiger partial charge in [-0.1, -0.05) is 0 Å². The lowest BCUT2D eigenvalue weighted by Gasteiger charge is -2.46. The van der Waals surface area contributed by atoms with E-state index in [1.807, 2.05) is 0 Å². The van der Waals surface area contributed by atoms with Gasteiger partial charge in [0, 0.05) is 37.8 Å². The van der Waals surface area contributed by atoms with Gasteiger partial charge in [0.2, 0.25) is 5.92 Å². The van der Waals surface area contributed by atoms with E-state index in [2.05, 4.69) is 30.6 Å². The molecule has 14 heteroatoms. The highest BCUT2D eigenvalue weighted by molar-refractivity contribution is 6.08. The Morgan fingerprint density at radius 1 is 1.07 bits per heavy atom. The maximum atomic E-state index is 13.4. The van der Waals surface area contributed by atoms with Gasteiger partial charge >= 0.3 is 6.18 Å². The second kappa shape index (κ2) is 6.49. The van der Waals surface area contributed by atoms with Crippen molar-refractivity contribution >= 4 is 11.8 Å². The van der Waals surface area contributed by atoms with Gasteiger partial charge < -0.3 is 10.6 Å². The first kappa shape index (κ1) is 20.8. The first-order valence-corrected chi connectivity index (χ1v) is 8.93. The molecule has 2 heterocycles. The Balaban J connectivity index is 1.66. The molecule has 164 valence electrons. The lowest BCUT2D eigenvalue weighted by Crippen LogP contribution is -2.70. The van der Waals surface area contributed by atoms with Crippen molar-refractivity contribution in [1.82, 2.24) is 20.6 Å². The second-order valence-electron chi connectivity index (χ2n) is 7.66. The minimum absolute atomic E-state index is 0.167. The molecule has 0 spiro atoms. The van der Waals surface area contributed by atoms with E-state index < -0.39 is 73.0 Å². The van der Waals surface area contributed by atoms with Crippen LogP contribution in [0.25, 0.3) is 0 Å². The highest BCUT2D eigenvalue weighted by atomic mass is 19.4. The van der Waals surface area contributed by atoms with Crippen molar-refractivity contribution in [3.05, 3.63) is 23.8 Å². The van der Waals surface area contributed by atoms with Gasteiger partial charge in [0.1, 0.15) is 5.69 Å². The van der Waals surface area contributed by atoms with Crippen molar-refractivity contribution in [2.75, 3.05) is 0 Å². The van der Waals surface area contributed by atoms with Crippen LogP contribution in [0.2, 0.25) is 0 Å². The highest BCUT2D eigenvalue weighted by Crippen LogP contribution is 2.47. The van der Waals surface area contributed by atoms with Crippen LogP contribution in [0, 0.1) is 5.92 Å². The summed E-state index contributed by atoms with van der Waals surface area (Å²) >= 11 is 0. The summed E-state index contributed by atoms with van der Waals surface area (Å²) in [4.78, 5) is 15.2. The van der Waals surface area contributed by atoms with Crippen molar-refractivity contribution in [2.24, 2.45) is 21.6 Å². The number of amidine groups is 1. The first-order valence-electron chi connectivity index (χ1n) is 8.93. The van der Waals surface area contributed by atoms with Crippen molar-refractivity contribution in [3.8, 4) is 0 Å². The number of nitrogens with two attached hydrogens (primary N) is 1. The number of aromatic nitrogens is 2. The molecule has 0 saturated heterocycles. The standard InChI is InChI=1S/C16H16F7N7/c17-13(18)3-7(4-13)16(24)29-11(10-25-2-1-9(27-10)15(21,22)23)28-12(30-16)26-8-5-14(19,20)6-8/h1-2,7-8H,3-6,24H2,(H2,26,28,29,30). The number of guanidine groups is 1. The van der Waals surface area contributed by atoms with E-state index in [-0.39, 0.29) is 11.8 Å². The number of alkyl halides is 7. The summed E-state index contributed by atoms with van der Waals surface area (Å²) in [5, 5.41) is 5.15. The van der Waals surface area contributed by atoms with Gasteiger partial charge in [-0.25, -0.2) is 37.5 Å². The number of hydrogen-bond acceptors (Lipinski definition) is 5. The van der Waals surface area contributed by atoms with Gasteiger partial charge in [0.15, 0.2) is 23.4 Å². The molecule has 4 N–H and O–H groups in total. The monoisotopic (exact) mass is 439 g/mol. The Morgan fingerprint density at radius 2 is 1.70 bits per heavy atom. The molecule has 2 saturated carbocycles. The van der Waals surface area contributed by atoms with E-state index in [9.17, 15) is 30.7 Å². The van der Waals surface area contributed by atoms with Gasteiger partial charge in [-0.05, 0) is 6.07 Å². The van der Waals surface area contributed by atoms with Crippen LogP contribution >= 0.6 is 0 Å². The van der Waals surface area contributed by atoms with Crippen molar-refractivity contribution in [1.29, 1.82) is 0 Å². The first-order chi connectivity index (χ1) is 13.7. The molecule has 1 unspecified atom stereocenters. The van der Waals surface area contributed by atoms with E-state index in [0.717, 1.165) is 6.20 Å². The molecule has 0 aromatic carbocycles. The number of nitrogens with one attached hydrogen (secondary N) is 2. The Bertz CT molecular complexity index is 897. The number of aliphatic imine (C=N–C) groups is 2. The molecule has 1 aliphatic heterocycles. The molecule has 7 nitrogen and oxygen atoms in total. The summed E-state index contributed by atoms with van der Waals surface area (Å²) in [6, 6.07) is -0.123. The molecular weight excluding hydrogens is 423 g/mol. The highest BCUT2D eigenvalue weighted by Gasteiger charge is 2.55. The Kier molecular flexibility index (Phi) is 4.49. The van der Waals surface area contributed by atoms with Crippen LogP contribution in [0.4, 0.5) is 30.7 Å². The second-order valence-corrected chi connectivity index (χ2v) is 7.66. The summed E-state index contributed by atoms with van der Waals surface area (Å²) < 4.78 is 91.8. The Hall–Kier alpha value is -2.51. The van der Waals surface area contributed by atoms with Crippen molar-refractivity contribution < 1.29 is 30.7 Å². The average molecular weight is 439 g/mol. The van der Waals surface area contributed by atoms with Gasteiger partial charge in [-0.15, -0.1) is 0 Å². The number of hydrogen-bond donors (Lipinski definition) is 3. The summed E-state index contributed by atoms with van der Waals surface area (Å²) in [5.74, 6) is -9.51. The topological polar surface area (TPSA) is 101 Å². The SMILES string of the molecule is NC1(C2CC(F)(F)C2)N=C(c2nccc(C(F)(F)F)n2)NC(=NC2CC(F)(F)C2)N1. The minimum atomic E-state index is -4.75. The van der Waals surface area contributed by atoms with Crippen LogP contribution in [-0.4, -0.2) is 45.4 Å². The maximum Gasteiger partial charge on any atom is 0.433 e. The molecule has 30 heavy (non-hydrogen) atoms. The van der Waals surface area contributed by atoms with Crippen LogP contribution in [-0.2, 0) is 6.18 Å². The van der Waals surface area contributed by atoms with Crippen LogP contribution in [0.1, 0.15) is 37.2 Å². The molecule has 0 amide bonds. The van der Waals surface area contributed by atoms with Gasteiger partial charge in [0.05, 0.1) is 6.04 Å². The summed E-state index contributed by atoms with van der Waals surface area (Å²) in [5.41, 5.74) is 4.89. The zero-order chi connectivity index (χ0) is 21.9. The maximum absolute atomic E-state index is 13.4. The fourth-order valence-corrected chi connectivity index (χ4v) is 3.44. The third-order valence-electron chi connectivity index (χ3n) is 5.10. The summed E-state index contributed by atoms with van der Waals surface area (Å²) in [6.07, 6.45) is -6.15. The van der Waals surface area contributed by atoms with Crippen LogP contribution < -0.4 is 16.4 Å². The smallest absolute Gasteiger partial charge is 0.319 e. The quantitative estimate of drug-likeness (QED) is 0.628. The van der Waals surface area contributed by atoms with E-state index in [1.165, 1.54) is 0 Å². The lowest BCUT2D eigenvalue weighted by atomic mass is 9.76. The van der Waals surface area contributed by atoms with E-state index in [1.54, 1.807) is 0 Å². The predicted octanol–water partition coefficient (Wildman–Crippen LogP) is 2.25. The zero-order valence-corrected chi connectivity index (χ0v) is 15.1. The van der Waals surface area contributed by atoms with Gasteiger partial charge in [0.25, 0.3) is 5.92 Å². The fraction of sp³-hybridized carbons (Fsp3) is 0.625. The summed E-state index contributed by atoms with van der Waals surface area (Å²) in [6.45, 7) is 0. The molecular formula is C16H16F7N7. The molecule has 3 aliphatic rings. The average Bonchev–Trinajstić information content (AvgIpc) is 2.57. The third kappa shape index (κ3) is 4.04. The number of nitrogens with zero attached hydrogens (tertiary/aromatic N) is 4. The normalized spacial score (nSPS) is 30.0. The predicted molar refractivity (Wildman–Crippen MR) is 89.8 cm³/mol. The fourth-order valence-electron chi connectivity index (χ4n) is 3.44. The van der Waals surface area contributed by atoms with E-state index in [4.69, 9.17) is 5.73 Å². The Labute approximate surface area is 165 Å². The molecule has 2 fully saturated rings. The van der Waals surface area contributed by atoms with Crippen LogP contribution in [0.15, 0.2) is 22.2 Å². The molecule has 4 rings (SSSR count). The molecule has 1 atom stereocenters. The van der Waals surface area contributed by atoms with Gasteiger partial charge in [-0.2, -0.15) is 13.2 Å². The van der Waals surface area contributed by atoms with Gasteiger partial charge in [-0.3, -0.25) is 5.73 Å². The molecule has 1 aromatic rings. The molecule has 0 radical (unpaired) electrons. The van der Waals surface area contributed by atoms with Crippen molar-refractivity contribution in [3.63, 3.8) is 0 Å². The zero-order valence-electron chi connectivity index (χ0n) is 15.1. The molecule has 1 aromatic heterocycles. The number of halogens is 7. The Morgan fingerprint density at radius 3 is 2.27 bits per heavy atom. The summed E-state index contributed by atoms with van der Waals surface area (Å²) in [7, 11) is 0. The van der Waals surface area contributed by atoms with E-state index >= 15 is 0 Å². The molecule has 0 bridgehead atoms. The molecule has 2 aliphatic carbocycles.